The number of ketones is 1. The van der Waals surface area contributed by atoms with Gasteiger partial charge in [-0.3, -0.25) is 9.59 Å². The molecule has 186 valence electrons. The maximum atomic E-state index is 11.7. The van der Waals surface area contributed by atoms with Crippen molar-refractivity contribution in [2.45, 2.75) is 64.4 Å². The normalized spacial score (nSPS) is 12.4. The van der Waals surface area contributed by atoms with E-state index in [0.29, 0.717) is 34.9 Å². The van der Waals surface area contributed by atoms with Gasteiger partial charge in [-0.15, -0.1) is 11.8 Å². The Morgan fingerprint density at radius 3 is 2.50 bits per heavy atom. The second-order valence-corrected chi connectivity index (χ2v) is 10.4. The molecule has 8 heteroatoms. The highest BCUT2D eigenvalue weighted by atomic mass is 35.5. The van der Waals surface area contributed by atoms with E-state index in [0.717, 1.165) is 29.1 Å². The molecule has 0 aliphatic rings. The Bertz CT molecular complexity index is 1020. The molecule has 2 aromatic carbocycles. The molecule has 1 unspecified atom stereocenters. The summed E-state index contributed by atoms with van der Waals surface area (Å²) in [5, 5.41) is 30.6. The lowest BCUT2D eigenvalue weighted by Gasteiger charge is -2.26. The van der Waals surface area contributed by atoms with E-state index in [2.05, 4.69) is 0 Å². The molecule has 6 nitrogen and oxygen atoms in total. The molecule has 0 heterocycles. The van der Waals surface area contributed by atoms with Crippen molar-refractivity contribution in [3.05, 3.63) is 52.0 Å². The molecule has 0 saturated heterocycles. The van der Waals surface area contributed by atoms with Crippen LogP contribution >= 0.6 is 23.4 Å². The number of carboxylic acids is 1. The Hall–Kier alpha value is -2.22. The molecule has 0 aliphatic carbocycles. The fourth-order valence-corrected chi connectivity index (χ4v) is 4.57. The van der Waals surface area contributed by atoms with Crippen LogP contribution in [0.25, 0.3) is 0 Å². The van der Waals surface area contributed by atoms with E-state index in [4.69, 9.17) is 16.3 Å². The summed E-state index contributed by atoms with van der Waals surface area (Å²) < 4.78 is 5.89. The number of aliphatic hydroxyl groups is 1. The molecular weight excluding hydrogens is 476 g/mol. The zero-order chi connectivity index (χ0) is 25.5. The summed E-state index contributed by atoms with van der Waals surface area (Å²) in [5.41, 5.74) is 0.495. The minimum Gasteiger partial charge on any atom is -0.507 e. The Labute approximate surface area is 210 Å². The number of ether oxygens (including phenoxy) is 1. The Morgan fingerprint density at radius 2 is 1.91 bits per heavy atom. The molecule has 0 aliphatic heterocycles. The third kappa shape index (κ3) is 7.14. The van der Waals surface area contributed by atoms with Crippen LogP contribution in [0.2, 0.25) is 5.02 Å². The third-order valence-corrected chi connectivity index (χ3v) is 7.32. The number of carboxylic acid groups (broad SMARTS) is 1. The van der Waals surface area contributed by atoms with Gasteiger partial charge in [0.25, 0.3) is 0 Å². The van der Waals surface area contributed by atoms with Gasteiger partial charge in [0.05, 0.1) is 28.7 Å². The average molecular weight is 509 g/mol. The maximum absolute atomic E-state index is 11.7. The molecule has 0 saturated carbocycles. The number of hydrogen-bond donors (Lipinski definition) is 3. The highest BCUT2D eigenvalue weighted by Gasteiger charge is 2.35. The second kappa shape index (κ2) is 12.5. The van der Waals surface area contributed by atoms with Crippen LogP contribution in [-0.2, 0) is 17.6 Å². The highest BCUT2D eigenvalue weighted by Crippen LogP contribution is 2.34. The molecule has 34 heavy (non-hydrogen) atoms. The first kappa shape index (κ1) is 28.0. The minimum atomic E-state index is -1.25. The van der Waals surface area contributed by atoms with E-state index in [9.17, 15) is 24.9 Å². The number of thioether (sulfide) groups is 1. The summed E-state index contributed by atoms with van der Waals surface area (Å²) in [4.78, 5) is 23.9. The number of halogens is 1. The van der Waals surface area contributed by atoms with Crippen molar-refractivity contribution in [2.24, 2.45) is 5.41 Å². The molecule has 1 atom stereocenters. The second-order valence-electron chi connectivity index (χ2n) is 8.81. The average Bonchev–Trinajstić information content (AvgIpc) is 2.76. The van der Waals surface area contributed by atoms with Crippen molar-refractivity contribution in [3.8, 4) is 11.5 Å². The number of hydrogen-bond acceptors (Lipinski definition) is 6. The zero-order valence-corrected chi connectivity index (χ0v) is 21.6. The van der Waals surface area contributed by atoms with Crippen molar-refractivity contribution in [1.29, 1.82) is 0 Å². The standard InChI is InChI=1S/C26H33ClO6S/c1-5-7-19-21(10-9-18(16(2)28)24(19)30)33-12-6-13-34-22-11-8-17(14-20(22)27)15-23(29)26(3,4)25(31)32/h8-11,14,23,29-30H,5-7,12-13,15H2,1-4H3,(H,31,32). The quantitative estimate of drug-likeness (QED) is 0.179. The Kier molecular flexibility index (Phi) is 10.3. The van der Waals surface area contributed by atoms with Gasteiger partial charge in [0.1, 0.15) is 11.5 Å². The molecule has 0 aromatic heterocycles. The van der Waals surface area contributed by atoms with Crippen LogP contribution in [-0.4, -0.2) is 45.5 Å². The molecule has 3 N–H and O–H groups in total. The predicted molar refractivity (Wildman–Crippen MR) is 136 cm³/mol. The lowest BCUT2D eigenvalue weighted by molar-refractivity contribution is -0.153. The fourth-order valence-electron chi connectivity index (χ4n) is 3.36. The van der Waals surface area contributed by atoms with E-state index >= 15 is 0 Å². The maximum Gasteiger partial charge on any atom is 0.311 e. The van der Waals surface area contributed by atoms with Crippen LogP contribution in [0.1, 0.15) is 62.0 Å². The van der Waals surface area contributed by atoms with E-state index in [1.54, 1.807) is 30.0 Å². The van der Waals surface area contributed by atoms with Crippen molar-refractivity contribution in [1.82, 2.24) is 0 Å². The van der Waals surface area contributed by atoms with Crippen LogP contribution in [0.5, 0.6) is 11.5 Å². The van der Waals surface area contributed by atoms with Gasteiger partial charge in [-0.1, -0.05) is 31.0 Å². The van der Waals surface area contributed by atoms with Crippen LogP contribution < -0.4 is 4.74 Å². The van der Waals surface area contributed by atoms with Crippen LogP contribution in [0, 0.1) is 5.41 Å². The van der Waals surface area contributed by atoms with Crippen molar-refractivity contribution in [3.63, 3.8) is 0 Å². The lowest BCUT2D eigenvalue weighted by Crippen LogP contribution is -2.38. The fraction of sp³-hybridized carbons (Fsp3) is 0.462. The van der Waals surface area contributed by atoms with Crippen molar-refractivity contribution < 1.29 is 29.6 Å². The lowest BCUT2D eigenvalue weighted by atomic mass is 9.83. The van der Waals surface area contributed by atoms with Gasteiger partial charge in [0.15, 0.2) is 5.78 Å². The molecule has 2 rings (SSSR count). The number of benzene rings is 2. The number of aliphatic carboxylic acids is 1. The van der Waals surface area contributed by atoms with E-state index in [1.165, 1.54) is 20.8 Å². The summed E-state index contributed by atoms with van der Waals surface area (Å²) in [5.74, 6) is 0.131. The smallest absolute Gasteiger partial charge is 0.311 e. The van der Waals surface area contributed by atoms with Crippen LogP contribution in [0.15, 0.2) is 35.2 Å². The number of Topliss-reactive ketones (excluding diaryl/α,β-unsaturated/α-hetero) is 1. The van der Waals surface area contributed by atoms with Gasteiger partial charge in [-0.25, -0.2) is 0 Å². The minimum absolute atomic E-state index is 0.00459. The predicted octanol–water partition coefficient (Wildman–Crippen LogP) is 5.78. The summed E-state index contributed by atoms with van der Waals surface area (Å²) in [6, 6.07) is 8.82. The number of aliphatic hydroxyl groups excluding tert-OH is 1. The summed E-state index contributed by atoms with van der Waals surface area (Å²) in [7, 11) is 0. The first-order chi connectivity index (χ1) is 16.0. The van der Waals surface area contributed by atoms with Gasteiger partial charge >= 0.3 is 5.97 Å². The van der Waals surface area contributed by atoms with Gasteiger partial charge in [0.2, 0.25) is 0 Å². The number of rotatable bonds is 13. The van der Waals surface area contributed by atoms with Gasteiger partial charge in [-0.2, -0.15) is 0 Å². The van der Waals surface area contributed by atoms with Crippen molar-refractivity contribution >= 4 is 35.1 Å². The Balaban J connectivity index is 1.91. The molecule has 0 amide bonds. The first-order valence-corrected chi connectivity index (χ1v) is 12.7. The van der Waals surface area contributed by atoms with Gasteiger partial charge in [0, 0.05) is 16.2 Å². The number of aromatic hydroxyl groups is 1. The van der Waals surface area contributed by atoms with E-state index < -0.39 is 17.5 Å². The van der Waals surface area contributed by atoms with E-state index in [-0.39, 0.29) is 18.0 Å². The summed E-state index contributed by atoms with van der Waals surface area (Å²) in [6.07, 6.45) is 1.36. The Morgan fingerprint density at radius 1 is 1.21 bits per heavy atom. The van der Waals surface area contributed by atoms with E-state index in [1.807, 2.05) is 19.1 Å². The van der Waals surface area contributed by atoms with Crippen LogP contribution in [0.4, 0.5) is 0 Å². The van der Waals surface area contributed by atoms with Crippen molar-refractivity contribution in [2.75, 3.05) is 12.4 Å². The summed E-state index contributed by atoms with van der Waals surface area (Å²) >= 11 is 7.99. The molecule has 2 aromatic rings. The topological polar surface area (TPSA) is 104 Å². The molecule has 0 spiro atoms. The molecular formula is C26H33ClO6S. The highest BCUT2D eigenvalue weighted by molar-refractivity contribution is 7.99. The molecule has 0 radical (unpaired) electrons. The van der Waals surface area contributed by atoms with Gasteiger partial charge in [-0.05, 0) is 69.9 Å². The molecule has 0 fully saturated rings. The number of phenols is 1. The number of phenolic OH excluding ortho intramolecular Hbond substituents is 1. The number of carbonyl (C=O) groups is 2. The van der Waals surface area contributed by atoms with Gasteiger partial charge < -0.3 is 20.1 Å². The van der Waals surface area contributed by atoms with Crippen LogP contribution in [0.3, 0.4) is 0 Å². The zero-order valence-electron chi connectivity index (χ0n) is 20.1. The summed E-state index contributed by atoms with van der Waals surface area (Å²) in [6.45, 7) is 6.88. The monoisotopic (exact) mass is 508 g/mol. The first-order valence-electron chi connectivity index (χ1n) is 11.3. The molecule has 0 bridgehead atoms. The number of carbonyl (C=O) groups excluding carboxylic acids is 1. The SMILES string of the molecule is CCCc1c(OCCCSc2ccc(CC(O)C(C)(C)C(=O)O)cc2Cl)ccc(C(C)=O)c1O. The third-order valence-electron chi connectivity index (χ3n) is 5.73. The largest absolute Gasteiger partial charge is 0.507 e.